The molecule has 1 atom stereocenters. The Morgan fingerprint density at radius 3 is 3.16 bits per heavy atom. The summed E-state index contributed by atoms with van der Waals surface area (Å²) in [6.07, 6.45) is 5.73. The second-order valence-electron chi connectivity index (χ2n) is 5.08. The van der Waals surface area contributed by atoms with Gasteiger partial charge in [0.05, 0.1) is 5.60 Å². The first-order valence-corrected chi connectivity index (χ1v) is 7.79. The third kappa shape index (κ3) is 4.24. The largest absolute Gasteiger partial charge is 0.387 e. The smallest absolute Gasteiger partial charge is 0.220 e. The van der Waals surface area contributed by atoms with Crippen LogP contribution in [0.3, 0.4) is 0 Å². The normalized spacial score (nSPS) is 22.6. The number of rotatable bonds is 6. The molecular formula is C13H21N3O2S. The lowest BCUT2D eigenvalue weighted by molar-refractivity contribution is -0.122. The number of nitrogens with zero attached hydrogens (tertiary/aromatic N) is 2. The first-order valence-electron chi connectivity index (χ1n) is 6.64. The number of imidazole rings is 1. The summed E-state index contributed by atoms with van der Waals surface area (Å²) in [7, 11) is 0. The summed E-state index contributed by atoms with van der Waals surface area (Å²) in [5, 5.41) is 12.9. The van der Waals surface area contributed by atoms with E-state index in [1.807, 2.05) is 17.7 Å². The molecule has 1 unspecified atom stereocenters. The van der Waals surface area contributed by atoms with E-state index in [-0.39, 0.29) is 5.91 Å². The Hall–Kier alpha value is -1.01. The molecule has 1 fully saturated rings. The van der Waals surface area contributed by atoms with Crippen molar-refractivity contribution in [2.45, 2.75) is 38.3 Å². The summed E-state index contributed by atoms with van der Waals surface area (Å²) in [5.74, 6) is 2.69. The first kappa shape index (κ1) is 14.4. The van der Waals surface area contributed by atoms with E-state index in [0.717, 1.165) is 36.7 Å². The van der Waals surface area contributed by atoms with Gasteiger partial charge in [0.15, 0.2) is 0 Å². The predicted molar refractivity (Wildman–Crippen MR) is 76.1 cm³/mol. The van der Waals surface area contributed by atoms with Crippen LogP contribution in [0.25, 0.3) is 0 Å². The molecule has 106 valence electrons. The van der Waals surface area contributed by atoms with Crippen molar-refractivity contribution in [3.63, 3.8) is 0 Å². The Kier molecular flexibility index (Phi) is 4.87. The molecule has 0 spiro atoms. The van der Waals surface area contributed by atoms with Gasteiger partial charge in [0.2, 0.25) is 5.91 Å². The fourth-order valence-electron chi connectivity index (χ4n) is 2.14. The zero-order valence-electron chi connectivity index (χ0n) is 11.3. The predicted octanol–water partition coefficient (Wildman–Crippen LogP) is 0.956. The van der Waals surface area contributed by atoms with Crippen LogP contribution in [0.15, 0.2) is 12.4 Å². The van der Waals surface area contributed by atoms with Crippen LogP contribution in [-0.4, -0.2) is 44.2 Å². The van der Waals surface area contributed by atoms with Crippen LogP contribution in [0.1, 0.15) is 25.1 Å². The molecule has 0 saturated carbocycles. The van der Waals surface area contributed by atoms with Gasteiger partial charge in [-0.25, -0.2) is 4.98 Å². The van der Waals surface area contributed by atoms with Gasteiger partial charge in [-0.1, -0.05) is 0 Å². The number of carbonyl (C=O) groups is 1. The molecule has 2 heterocycles. The van der Waals surface area contributed by atoms with E-state index in [1.165, 1.54) is 0 Å². The fraction of sp³-hybridized carbons (Fsp3) is 0.692. The Labute approximate surface area is 117 Å². The van der Waals surface area contributed by atoms with Crippen LogP contribution in [0.4, 0.5) is 0 Å². The molecule has 1 aliphatic rings. The van der Waals surface area contributed by atoms with E-state index in [4.69, 9.17) is 0 Å². The zero-order valence-corrected chi connectivity index (χ0v) is 12.1. The highest BCUT2D eigenvalue weighted by atomic mass is 32.2. The van der Waals surface area contributed by atoms with Crippen molar-refractivity contribution in [2.24, 2.45) is 0 Å². The Balaban J connectivity index is 1.63. The zero-order chi connectivity index (χ0) is 13.7. The Morgan fingerprint density at radius 1 is 1.68 bits per heavy atom. The van der Waals surface area contributed by atoms with Crippen molar-refractivity contribution in [1.82, 2.24) is 14.9 Å². The molecule has 1 saturated heterocycles. The van der Waals surface area contributed by atoms with Gasteiger partial charge in [-0.05, 0) is 25.5 Å². The van der Waals surface area contributed by atoms with E-state index >= 15 is 0 Å². The SMILES string of the molecule is Cc1nccn1CCCC(=O)NCC1(O)CCSC1. The highest BCUT2D eigenvalue weighted by Crippen LogP contribution is 2.26. The number of thioether (sulfide) groups is 1. The van der Waals surface area contributed by atoms with Crippen LogP contribution in [0.5, 0.6) is 0 Å². The quantitative estimate of drug-likeness (QED) is 0.816. The summed E-state index contributed by atoms with van der Waals surface area (Å²) in [6.45, 7) is 3.13. The van der Waals surface area contributed by atoms with Crippen molar-refractivity contribution >= 4 is 17.7 Å². The van der Waals surface area contributed by atoms with Gasteiger partial charge in [0.25, 0.3) is 0 Å². The number of aryl methyl sites for hydroxylation is 2. The number of hydrogen-bond acceptors (Lipinski definition) is 4. The van der Waals surface area contributed by atoms with Crippen molar-refractivity contribution < 1.29 is 9.90 Å². The van der Waals surface area contributed by atoms with E-state index in [0.29, 0.717) is 13.0 Å². The number of amides is 1. The maximum Gasteiger partial charge on any atom is 0.220 e. The number of aliphatic hydroxyl groups is 1. The average Bonchev–Trinajstić information content (AvgIpc) is 2.98. The molecule has 5 nitrogen and oxygen atoms in total. The standard InChI is InChI=1S/C13H21N3O2S/c1-11-14-5-7-16(11)6-2-3-12(17)15-9-13(18)4-8-19-10-13/h5,7,18H,2-4,6,8-10H2,1H3,(H,15,17). The molecule has 1 aromatic heterocycles. The molecule has 6 heteroatoms. The van der Waals surface area contributed by atoms with E-state index < -0.39 is 5.60 Å². The topological polar surface area (TPSA) is 67.2 Å². The van der Waals surface area contributed by atoms with Crippen molar-refractivity contribution in [3.05, 3.63) is 18.2 Å². The molecule has 1 aliphatic heterocycles. The molecule has 0 aliphatic carbocycles. The van der Waals surface area contributed by atoms with Crippen LogP contribution in [0, 0.1) is 6.92 Å². The second-order valence-corrected chi connectivity index (χ2v) is 6.18. The molecule has 0 bridgehead atoms. The number of hydrogen-bond donors (Lipinski definition) is 2. The number of aromatic nitrogens is 2. The summed E-state index contributed by atoms with van der Waals surface area (Å²) in [6, 6.07) is 0. The molecule has 1 amide bonds. The molecule has 0 radical (unpaired) electrons. The second kappa shape index (κ2) is 6.43. The van der Waals surface area contributed by atoms with E-state index in [9.17, 15) is 9.90 Å². The number of nitrogens with one attached hydrogen (secondary N) is 1. The minimum absolute atomic E-state index is 0.0168. The summed E-state index contributed by atoms with van der Waals surface area (Å²) >= 11 is 1.74. The molecular weight excluding hydrogens is 262 g/mol. The van der Waals surface area contributed by atoms with Gasteiger partial charge in [-0.2, -0.15) is 11.8 Å². The van der Waals surface area contributed by atoms with Crippen molar-refractivity contribution in [2.75, 3.05) is 18.1 Å². The molecule has 0 aromatic carbocycles. The van der Waals surface area contributed by atoms with Crippen molar-refractivity contribution in [1.29, 1.82) is 0 Å². The van der Waals surface area contributed by atoms with Gasteiger partial charge in [0.1, 0.15) is 5.82 Å². The van der Waals surface area contributed by atoms with Gasteiger partial charge in [0, 0.05) is 37.7 Å². The number of carbonyl (C=O) groups excluding carboxylic acids is 1. The van der Waals surface area contributed by atoms with E-state index in [1.54, 1.807) is 18.0 Å². The lowest BCUT2D eigenvalue weighted by Gasteiger charge is -2.21. The van der Waals surface area contributed by atoms with Crippen molar-refractivity contribution in [3.8, 4) is 0 Å². The lowest BCUT2D eigenvalue weighted by atomic mass is 10.0. The minimum atomic E-state index is -0.693. The summed E-state index contributed by atoms with van der Waals surface area (Å²) in [5.41, 5.74) is -0.693. The maximum atomic E-state index is 11.7. The maximum absolute atomic E-state index is 11.7. The van der Waals surface area contributed by atoms with Gasteiger partial charge in [-0.15, -0.1) is 0 Å². The molecule has 19 heavy (non-hydrogen) atoms. The Bertz CT molecular complexity index is 427. The van der Waals surface area contributed by atoms with Gasteiger partial charge >= 0.3 is 0 Å². The first-order chi connectivity index (χ1) is 9.09. The van der Waals surface area contributed by atoms with Crippen LogP contribution in [0.2, 0.25) is 0 Å². The van der Waals surface area contributed by atoms with Gasteiger partial charge in [-0.3, -0.25) is 4.79 Å². The van der Waals surface area contributed by atoms with Crippen LogP contribution in [-0.2, 0) is 11.3 Å². The molecule has 1 aromatic rings. The molecule has 2 rings (SSSR count). The van der Waals surface area contributed by atoms with Gasteiger partial charge < -0.3 is 15.0 Å². The summed E-state index contributed by atoms with van der Waals surface area (Å²) < 4.78 is 2.04. The van der Waals surface area contributed by atoms with Crippen LogP contribution < -0.4 is 5.32 Å². The third-order valence-electron chi connectivity index (χ3n) is 3.42. The lowest BCUT2D eigenvalue weighted by Crippen LogP contribution is -2.42. The minimum Gasteiger partial charge on any atom is -0.387 e. The van der Waals surface area contributed by atoms with Crippen LogP contribution >= 0.6 is 11.8 Å². The third-order valence-corrected chi connectivity index (χ3v) is 4.66. The Morgan fingerprint density at radius 2 is 2.53 bits per heavy atom. The van der Waals surface area contributed by atoms with E-state index in [2.05, 4.69) is 10.3 Å². The molecule has 2 N–H and O–H groups in total. The highest BCUT2D eigenvalue weighted by molar-refractivity contribution is 7.99. The average molecular weight is 283 g/mol. The fourth-order valence-corrected chi connectivity index (χ4v) is 3.43. The monoisotopic (exact) mass is 283 g/mol. The highest BCUT2D eigenvalue weighted by Gasteiger charge is 2.31. The summed E-state index contributed by atoms with van der Waals surface area (Å²) in [4.78, 5) is 15.8.